The zero-order valence-corrected chi connectivity index (χ0v) is 11.4. The number of likely N-dealkylation sites (N-methyl/N-ethyl adjacent to an activating group) is 1. The number of carbonyl (C=O) groups excluding carboxylic acids is 2. The maximum Gasteiger partial charge on any atom is 0.239 e. The lowest BCUT2D eigenvalue weighted by Gasteiger charge is -2.23. The average Bonchev–Trinajstić information content (AvgIpc) is 2.34. The van der Waals surface area contributed by atoms with E-state index < -0.39 is 0 Å². The summed E-state index contributed by atoms with van der Waals surface area (Å²) in [5.74, 6) is -0.0238. The van der Waals surface area contributed by atoms with Crippen molar-refractivity contribution in [2.45, 2.75) is 40.2 Å². The van der Waals surface area contributed by atoms with Crippen LogP contribution in [0.2, 0.25) is 0 Å². The van der Waals surface area contributed by atoms with Gasteiger partial charge in [-0.1, -0.05) is 6.92 Å². The Morgan fingerprint density at radius 1 is 1.18 bits per heavy atom. The van der Waals surface area contributed by atoms with Gasteiger partial charge in [-0.15, -0.1) is 0 Å². The van der Waals surface area contributed by atoms with Gasteiger partial charge < -0.3 is 10.2 Å². The lowest BCUT2D eigenvalue weighted by molar-refractivity contribution is -0.132. The average molecular weight is 243 g/mol. The van der Waals surface area contributed by atoms with Crippen LogP contribution < -0.4 is 10.6 Å². The minimum absolute atomic E-state index is 0.0401. The molecule has 5 heteroatoms. The molecule has 0 radical (unpaired) electrons. The first kappa shape index (κ1) is 15.9. The van der Waals surface area contributed by atoms with Crippen molar-refractivity contribution in [2.24, 2.45) is 0 Å². The molecular weight excluding hydrogens is 218 g/mol. The molecule has 100 valence electrons. The van der Waals surface area contributed by atoms with Crippen LogP contribution in [0.15, 0.2) is 0 Å². The van der Waals surface area contributed by atoms with Crippen molar-refractivity contribution in [3.8, 4) is 0 Å². The van der Waals surface area contributed by atoms with Gasteiger partial charge in [0, 0.05) is 19.6 Å². The fraction of sp³-hybridized carbons (Fsp3) is 0.833. The van der Waals surface area contributed by atoms with Gasteiger partial charge >= 0.3 is 0 Å². The summed E-state index contributed by atoms with van der Waals surface area (Å²) in [6, 6.07) is -0.317. The highest BCUT2D eigenvalue weighted by atomic mass is 16.2. The molecule has 0 aliphatic carbocycles. The molecule has 1 unspecified atom stereocenters. The first-order valence-corrected chi connectivity index (χ1v) is 6.35. The molecule has 0 saturated heterocycles. The predicted molar refractivity (Wildman–Crippen MR) is 68.7 cm³/mol. The fourth-order valence-electron chi connectivity index (χ4n) is 1.47. The van der Waals surface area contributed by atoms with Gasteiger partial charge in [0.2, 0.25) is 11.8 Å². The van der Waals surface area contributed by atoms with Gasteiger partial charge in [-0.3, -0.25) is 14.9 Å². The Hall–Kier alpha value is -1.10. The standard InChI is InChI=1S/C12H25N3O2/c1-5-8-13-11(16)9-14-10(4)12(17)15(6-2)7-3/h10,14H,5-9H2,1-4H3,(H,13,16). The van der Waals surface area contributed by atoms with Gasteiger partial charge in [-0.2, -0.15) is 0 Å². The number of hydrogen-bond acceptors (Lipinski definition) is 3. The summed E-state index contributed by atoms with van der Waals surface area (Å²) in [6.45, 7) is 9.94. The van der Waals surface area contributed by atoms with Gasteiger partial charge in [-0.25, -0.2) is 0 Å². The summed E-state index contributed by atoms with van der Waals surface area (Å²) in [5.41, 5.74) is 0. The van der Waals surface area contributed by atoms with E-state index in [9.17, 15) is 9.59 Å². The number of amides is 2. The minimum Gasteiger partial charge on any atom is -0.355 e. The van der Waals surface area contributed by atoms with Crippen LogP contribution in [-0.4, -0.2) is 48.9 Å². The Morgan fingerprint density at radius 3 is 2.24 bits per heavy atom. The fourth-order valence-corrected chi connectivity index (χ4v) is 1.47. The van der Waals surface area contributed by atoms with Crippen molar-refractivity contribution in [1.82, 2.24) is 15.5 Å². The number of nitrogens with one attached hydrogen (secondary N) is 2. The molecule has 0 heterocycles. The number of nitrogens with zero attached hydrogens (tertiary/aromatic N) is 1. The predicted octanol–water partition coefficient (Wildman–Crippen LogP) is 0.359. The Labute approximate surface area is 104 Å². The molecule has 0 aliphatic heterocycles. The number of rotatable bonds is 8. The van der Waals surface area contributed by atoms with E-state index in [1.54, 1.807) is 11.8 Å². The van der Waals surface area contributed by atoms with Crippen LogP contribution in [0.5, 0.6) is 0 Å². The highest BCUT2D eigenvalue weighted by molar-refractivity contribution is 5.83. The van der Waals surface area contributed by atoms with Crippen molar-refractivity contribution in [3.63, 3.8) is 0 Å². The quantitative estimate of drug-likeness (QED) is 0.647. The molecule has 2 N–H and O–H groups in total. The molecule has 0 bridgehead atoms. The summed E-state index contributed by atoms with van der Waals surface area (Å²) < 4.78 is 0. The minimum atomic E-state index is -0.317. The third kappa shape index (κ3) is 6.26. The van der Waals surface area contributed by atoms with Crippen LogP contribution >= 0.6 is 0 Å². The van der Waals surface area contributed by atoms with Gasteiger partial charge in [0.25, 0.3) is 0 Å². The van der Waals surface area contributed by atoms with E-state index >= 15 is 0 Å². The molecule has 0 saturated carbocycles. The molecule has 1 atom stereocenters. The lowest BCUT2D eigenvalue weighted by Crippen LogP contribution is -2.47. The second kappa shape index (κ2) is 8.98. The van der Waals surface area contributed by atoms with E-state index in [0.717, 1.165) is 6.42 Å². The number of hydrogen-bond donors (Lipinski definition) is 2. The van der Waals surface area contributed by atoms with Crippen LogP contribution in [0.3, 0.4) is 0 Å². The van der Waals surface area contributed by atoms with Gasteiger partial charge in [0.15, 0.2) is 0 Å². The molecule has 5 nitrogen and oxygen atoms in total. The normalized spacial score (nSPS) is 12.0. The highest BCUT2D eigenvalue weighted by Crippen LogP contribution is 1.94. The maximum atomic E-state index is 11.9. The van der Waals surface area contributed by atoms with Crippen molar-refractivity contribution in [2.75, 3.05) is 26.2 Å². The van der Waals surface area contributed by atoms with E-state index in [1.165, 1.54) is 0 Å². The Bertz CT molecular complexity index is 240. The van der Waals surface area contributed by atoms with Crippen LogP contribution in [0.4, 0.5) is 0 Å². The zero-order valence-electron chi connectivity index (χ0n) is 11.4. The van der Waals surface area contributed by atoms with Crippen LogP contribution in [0.1, 0.15) is 34.1 Å². The molecule has 0 rings (SSSR count). The van der Waals surface area contributed by atoms with Gasteiger partial charge in [-0.05, 0) is 27.2 Å². The Balaban J connectivity index is 3.96. The smallest absolute Gasteiger partial charge is 0.239 e. The second-order valence-electron chi connectivity index (χ2n) is 3.96. The summed E-state index contributed by atoms with van der Waals surface area (Å²) in [6.07, 6.45) is 0.916. The summed E-state index contributed by atoms with van der Waals surface area (Å²) in [7, 11) is 0. The Kier molecular flexibility index (Phi) is 8.40. The molecule has 0 aromatic carbocycles. The zero-order chi connectivity index (χ0) is 13.3. The van der Waals surface area contributed by atoms with Crippen molar-refractivity contribution >= 4 is 11.8 Å². The molecule has 17 heavy (non-hydrogen) atoms. The third-order valence-electron chi connectivity index (χ3n) is 2.59. The first-order chi connectivity index (χ1) is 8.06. The van der Waals surface area contributed by atoms with E-state index in [1.807, 2.05) is 20.8 Å². The Morgan fingerprint density at radius 2 is 1.76 bits per heavy atom. The maximum absolute atomic E-state index is 11.9. The molecule has 0 aliphatic rings. The molecular formula is C12H25N3O2. The first-order valence-electron chi connectivity index (χ1n) is 6.35. The molecule has 0 spiro atoms. The second-order valence-corrected chi connectivity index (χ2v) is 3.96. The molecule has 2 amide bonds. The van der Waals surface area contributed by atoms with E-state index in [4.69, 9.17) is 0 Å². The summed E-state index contributed by atoms with van der Waals surface area (Å²) in [5, 5.41) is 5.69. The van der Waals surface area contributed by atoms with Crippen molar-refractivity contribution in [1.29, 1.82) is 0 Å². The van der Waals surface area contributed by atoms with Crippen molar-refractivity contribution in [3.05, 3.63) is 0 Å². The van der Waals surface area contributed by atoms with Crippen LogP contribution in [0.25, 0.3) is 0 Å². The summed E-state index contributed by atoms with van der Waals surface area (Å²) in [4.78, 5) is 25.0. The molecule has 0 fully saturated rings. The van der Waals surface area contributed by atoms with E-state index in [0.29, 0.717) is 19.6 Å². The topological polar surface area (TPSA) is 61.4 Å². The lowest BCUT2D eigenvalue weighted by atomic mass is 10.2. The molecule has 0 aromatic rings. The van der Waals surface area contributed by atoms with Gasteiger partial charge in [0.05, 0.1) is 12.6 Å². The largest absolute Gasteiger partial charge is 0.355 e. The van der Waals surface area contributed by atoms with E-state index in [-0.39, 0.29) is 24.4 Å². The SMILES string of the molecule is CCCNC(=O)CNC(C)C(=O)N(CC)CC. The van der Waals surface area contributed by atoms with Gasteiger partial charge in [0.1, 0.15) is 0 Å². The third-order valence-corrected chi connectivity index (χ3v) is 2.59. The van der Waals surface area contributed by atoms with Crippen LogP contribution in [0, 0.1) is 0 Å². The monoisotopic (exact) mass is 243 g/mol. The molecule has 0 aromatic heterocycles. The highest BCUT2D eigenvalue weighted by Gasteiger charge is 2.17. The van der Waals surface area contributed by atoms with E-state index in [2.05, 4.69) is 10.6 Å². The van der Waals surface area contributed by atoms with Crippen molar-refractivity contribution < 1.29 is 9.59 Å². The van der Waals surface area contributed by atoms with Crippen LogP contribution in [-0.2, 0) is 9.59 Å². The summed E-state index contributed by atoms with van der Waals surface area (Å²) >= 11 is 0. The number of carbonyl (C=O) groups is 2.